The molecule has 0 N–H and O–H groups in total. The van der Waals surface area contributed by atoms with Gasteiger partial charge in [-0.25, -0.2) is 4.98 Å². The minimum atomic E-state index is 0.776. The van der Waals surface area contributed by atoms with E-state index in [2.05, 4.69) is 62.4 Å². The van der Waals surface area contributed by atoms with Crippen molar-refractivity contribution in [2.75, 3.05) is 6.61 Å². The Kier molecular flexibility index (Phi) is 6.65. The molecule has 0 unspecified atom stereocenters. The number of rotatable bonds is 9. The third-order valence-electron chi connectivity index (χ3n) is 4.75. The minimum absolute atomic E-state index is 0.776. The zero-order valence-corrected chi connectivity index (χ0v) is 16.0. The Bertz CT molecular complexity index is 823. The molecule has 0 saturated heterocycles. The Morgan fingerprint density at radius 1 is 0.808 bits per heavy atom. The van der Waals surface area contributed by atoms with Crippen LogP contribution in [-0.2, 0) is 6.42 Å². The SMILES string of the molecule is CCCCCc1ccc(-c2ccc3cc(OCCCC)ccc3n2)cc1. The van der Waals surface area contributed by atoms with Crippen molar-refractivity contribution in [1.82, 2.24) is 4.98 Å². The molecule has 3 rings (SSSR count). The summed E-state index contributed by atoms with van der Waals surface area (Å²) in [5, 5.41) is 1.12. The van der Waals surface area contributed by atoms with E-state index in [1.165, 1.54) is 36.8 Å². The number of aromatic nitrogens is 1. The molecule has 0 spiro atoms. The van der Waals surface area contributed by atoms with E-state index in [-0.39, 0.29) is 0 Å². The van der Waals surface area contributed by atoms with E-state index in [1.807, 2.05) is 6.07 Å². The molecule has 2 heteroatoms. The van der Waals surface area contributed by atoms with Gasteiger partial charge in [0.25, 0.3) is 0 Å². The molecule has 0 saturated carbocycles. The second-order valence-corrected chi connectivity index (χ2v) is 6.91. The first-order chi connectivity index (χ1) is 12.8. The number of unbranched alkanes of at least 4 members (excludes halogenated alkanes) is 3. The van der Waals surface area contributed by atoms with Gasteiger partial charge in [0, 0.05) is 10.9 Å². The van der Waals surface area contributed by atoms with E-state index in [9.17, 15) is 0 Å². The number of nitrogens with zero attached hydrogens (tertiary/aromatic N) is 1. The molecular weight excluding hydrogens is 318 g/mol. The first kappa shape index (κ1) is 18.4. The van der Waals surface area contributed by atoms with Gasteiger partial charge in [-0.2, -0.15) is 0 Å². The summed E-state index contributed by atoms with van der Waals surface area (Å²) in [6, 6.07) is 19.3. The van der Waals surface area contributed by atoms with Gasteiger partial charge in [0.2, 0.25) is 0 Å². The number of hydrogen-bond donors (Lipinski definition) is 0. The highest BCUT2D eigenvalue weighted by Gasteiger charge is 2.04. The van der Waals surface area contributed by atoms with Gasteiger partial charge in [0.05, 0.1) is 17.8 Å². The maximum atomic E-state index is 5.80. The van der Waals surface area contributed by atoms with Crippen molar-refractivity contribution in [2.45, 2.75) is 52.4 Å². The molecule has 0 bridgehead atoms. The van der Waals surface area contributed by atoms with Gasteiger partial charge < -0.3 is 4.74 Å². The molecule has 136 valence electrons. The van der Waals surface area contributed by atoms with Crippen LogP contribution in [0.2, 0.25) is 0 Å². The molecular formula is C24H29NO. The third kappa shape index (κ3) is 4.85. The average Bonchev–Trinajstić information content (AvgIpc) is 2.68. The molecule has 26 heavy (non-hydrogen) atoms. The van der Waals surface area contributed by atoms with Gasteiger partial charge in [-0.05, 0) is 49.1 Å². The summed E-state index contributed by atoms with van der Waals surface area (Å²) in [6.45, 7) is 5.19. The lowest BCUT2D eigenvalue weighted by atomic mass is 10.0. The van der Waals surface area contributed by atoms with Crippen molar-refractivity contribution >= 4 is 10.9 Å². The number of aryl methyl sites for hydroxylation is 1. The van der Waals surface area contributed by atoms with Crippen molar-refractivity contribution < 1.29 is 4.74 Å². The number of pyridine rings is 1. The fraction of sp³-hybridized carbons (Fsp3) is 0.375. The molecule has 0 atom stereocenters. The molecule has 2 aromatic carbocycles. The Hall–Kier alpha value is -2.35. The van der Waals surface area contributed by atoms with E-state index in [0.717, 1.165) is 41.8 Å². The number of benzene rings is 2. The summed E-state index contributed by atoms with van der Waals surface area (Å²) in [6.07, 6.45) is 7.24. The van der Waals surface area contributed by atoms with E-state index >= 15 is 0 Å². The van der Waals surface area contributed by atoms with Gasteiger partial charge >= 0.3 is 0 Å². The molecule has 0 aliphatic rings. The maximum absolute atomic E-state index is 5.80. The van der Waals surface area contributed by atoms with Crippen LogP contribution in [0.4, 0.5) is 0 Å². The summed E-state index contributed by atoms with van der Waals surface area (Å²) in [4.78, 5) is 4.83. The monoisotopic (exact) mass is 347 g/mol. The summed E-state index contributed by atoms with van der Waals surface area (Å²) in [5.41, 5.74) is 4.63. The molecule has 3 aromatic rings. The molecule has 0 aliphatic carbocycles. The van der Waals surface area contributed by atoms with Gasteiger partial charge in [0.15, 0.2) is 0 Å². The minimum Gasteiger partial charge on any atom is -0.494 e. The largest absolute Gasteiger partial charge is 0.494 e. The Labute approximate surface area is 157 Å². The second-order valence-electron chi connectivity index (χ2n) is 6.91. The molecule has 0 amide bonds. The number of fused-ring (bicyclic) bond motifs is 1. The first-order valence-electron chi connectivity index (χ1n) is 9.93. The lowest BCUT2D eigenvalue weighted by molar-refractivity contribution is 0.310. The summed E-state index contributed by atoms with van der Waals surface area (Å²) in [7, 11) is 0. The smallest absolute Gasteiger partial charge is 0.120 e. The predicted molar refractivity (Wildman–Crippen MR) is 111 cm³/mol. The topological polar surface area (TPSA) is 22.1 Å². The molecule has 0 aliphatic heterocycles. The number of hydrogen-bond acceptors (Lipinski definition) is 2. The van der Waals surface area contributed by atoms with Gasteiger partial charge in [0.1, 0.15) is 5.75 Å². The van der Waals surface area contributed by atoms with Gasteiger partial charge in [-0.1, -0.05) is 63.4 Å². The van der Waals surface area contributed by atoms with Crippen molar-refractivity contribution in [3.63, 3.8) is 0 Å². The average molecular weight is 348 g/mol. The van der Waals surface area contributed by atoms with Gasteiger partial charge in [-0.3, -0.25) is 0 Å². The molecule has 1 aromatic heterocycles. The first-order valence-corrected chi connectivity index (χ1v) is 9.93. The van der Waals surface area contributed by atoms with Crippen LogP contribution < -0.4 is 4.74 Å². The highest BCUT2D eigenvalue weighted by atomic mass is 16.5. The molecule has 0 radical (unpaired) electrons. The highest BCUT2D eigenvalue weighted by Crippen LogP contribution is 2.25. The zero-order chi connectivity index (χ0) is 18.2. The zero-order valence-electron chi connectivity index (χ0n) is 16.0. The fourth-order valence-corrected chi connectivity index (χ4v) is 3.11. The van der Waals surface area contributed by atoms with Gasteiger partial charge in [-0.15, -0.1) is 0 Å². The Morgan fingerprint density at radius 2 is 1.62 bits per heavy atom. The third-order valence-corrected chi connectivity index (χ3v) is 4.75. The van der Waals surface area contributed by atoms with E-state index in [0.29, 0.717) is 0 Å². The van der Waals surface area contributed by atoms with Crippen LogP contribution in [0.3, 0.4) is 0 Å². The van der Waals surface area contributed by atoms with Crippen LogP contribution in [0.1, 0.15) is 51.5 Å². The summed E-state index contributed by atoms with van der Waals surface area (Å²) in [5.74, 6) is 0.928. The second kappa shape index (κ2) is 9.38. The normalized spacial score (nSPS) is 11.0. The fourth-order valence-electron chi connectivity index (χ4n) is 3.11. The van der Waals surface area contributed by atoms with Crippen LogP contribution in [0, 0.1) is 0 Å². The van der Waals surface area contributed by atoms with Crippen LogP contribution in [0.15, 0.2) is 54.6 Å². The summed E-state index contributed by atoms with van der Waals surface area (Å²) >= 11 is 0. The maximum Gasteiger partial charge on any atom is 0.120 e. The Morgan fingerprint density at radius 3 is 2.38 bits per heavy atom. The van der Waals surface area contributed by atoms with Crippen molar-refractivity contribution in [3.05, 3.63) is 60.2 Å². The van der Waals surface area contributed by atoms with Crippen LogP contribution >= 0.6 is 0 Å². The van der Waals surface area contributed by atoms with Crippen LogP contribution in [0.5, 0.6) is 5.75 Å². The molecule has 1 heterocycles. The van der Waals surface area contributed by atoms with Crippen molar-refractivity contribution in [2.24, 2.45) is 0 Å². The van der Waals surface area contributed by atoms with Crippen molar-refractivity contribution in [1.29, 1.82) is 0 Å². The summed E-state index contributed by atoms with van der Waals surface area (Å²) < 4.78 is 5.80. The Balaban J connectivity index is 1.73. The lowest BCUT2D eigenvalue weighted by Crippen LogP contribution is -1.96. The van der Waals surface area contributed by atoms with E-state index in [4.69, 9.17) is 9.72 Å². The van der Waals surface area contributed by atoms with Crippen LogP contribution in [-0.4, -0.2) is 11.6 Å². The number of ether oxygens (including phenoxy) is 1. The van der Waals surface area contributed by atoms with E-state index < -0.39 is 0 Å². The molecule has 2 nitrogen and oxygen atoms in total. The molecule has 0 fully saturated rings. The van der Waals surface area contributed by atoms with Crippen LogP contribution in [0.25, 0.3) is 22.2 Å². The predicted octanol–water partition coefficient (Wildman–Crippen LogP) is 6.81. The highest BCUT2D eigenvalue weighted by molar-refractivity contribution is 5.82. The lowest BCUT2D eigenvalue weighted by Gasteiger charge is -2.08. The van der Waals surface area contributed by atoms with Crippen molar-refractivity contribution in [3.8, 4) is 17.0 Å². The quantitative estimate of drug-likeness (QED) is 0.396. The standard InChI is InChI=1S/C24H29NO/c1-3-5-7-8-19-9-11-20(12-10-19)23-15-13-21-18-22(26-17-6-4-2)14-16-24(21)25-23/h9-16,18H,3-8,17H2,1-2H3. The van der Waals surface area contributed by atoms with E-state index in [1.54, 1.807) is 0 Å².